The van der Waals surface area contributed by atoms with Crippen molar-refractivity contribution in [2.75, 3.05) is 0 Å². The Labute approximate surface area is 191 Å². The second kappa shape index (κ2) is 8.63. The topological polar surface area (TPSA) is 70.8 Å². The lowest BCUT2D eigenvalue weighted by atomic mass is 9.85. The monoisotopic (exact) mass is 455 g/mol. The number of carbonyl (C=O) groups excluding carboxylic acids is 1. The SMILES string of the molecule is Cc1cc(C)c(-c2ccc(C=C3SC(=S)N(C4CCCC(C(=O)O)C4)C3=O)o2)c(C)c1. The van der Waals surface area contributed by atoms with Crippen LogP contribution in [0.3, 0.4) is 0 Å². The van der Waals surface area contributed by atoms with Crippen LogP contribution in [0.2, 0.25) is 0 Å². The Bertz CT molecular complexity index is 1080. The van der Waals surface area contributed by atoms with Crippen molar-refractivity contribution in [2.45, 2.75) is 52.5 Å². The number of aryl methyl sites for hydroxylation is 3. The van der Waals surface area contributed by atoms with Crippen LogP contribution >= 0.6 is 24.0 Å². The molecule has 162 valence electrons. The van der Waals surface area contributed by atoms with Gasteiger partial charge in [-0.1, -0.05) is 48.1 Å². The van der Waals surface area contributed by atoms with Gasteiger partial charge in [0.05, 0.1) is 10.8 Å². The number of carboxylic acid groups (broad SMARTS) is 1. The lowest BCUT2D eigenvalue weighted by Crippen LogP contribution is -2.42. The number of carbonyl (C=O) groups is 2. The molecule has 0 radical (unpaired) electrons. The number of benzene rings is 1. The predicted octanol–water partition coefficient (Wildman–Crippen LogP) is 5.72. The zero-order valence-electron chi connectivity index (χ0n) is 17.8. The van der Waals surface area contributed by atoms with Crippen LogP contribution in [0.15, 0.2) is 33.6 Å². The molecule has 1 aliphatic heterocycles. The summed E-state index contributed by atoms with van der Waals surface area (Å²) in [5.41, 5.74) is 4.58. The summed E-state index contributed by atoms with van der Waals surface area (Å²) in [6, 6.07) is 7.89. The number of hydrogen-bond acceptors (Lipinski definition) is 5. The standard InChI is InChI=1S/C24H25NO4S2/c1-13-9-14(2)21(15(3)10-13)19-8-7-18(29-19)12-20-22(26)25(24(30)31-20)17-6-4-5-16(11-17)23(27)28/h7-10,12,16-17H,4-6,11H2,1-3H3,(H,27,28). The molecule has 2 aliphatic rings. The van der Waals surface area contributed by atoms with Crippen molar-refractivity contribution < 1.29 is 19.1 Å². The van der Waals surface area contributed by atoms with E-state index in [2.05, 4.69) is 32.9 Å². The van der Waals surface area contributed by atoms with Crippen molar-refractivity contribution in [1.82, 2.24) is 4.90 Å². The highest BCUT2D eigenvalue weighted by molar-refractivity contribution is 8.26. The number of rotatable bonds is 4. The Balaban J connectivity index is 1.56. The first-order valence-electron chi connectivity index (χ1n) is 10.4. The van der Waals surface area contributed by atoms with Crippen LogP contribution in [-0.4, -0.2) is 32.2 Å². The molecule has 1 saturated carbocycles. The fourth-order valence-corrected chi connectivity index (χ4v) is 6.06. The van der Waals surface area contributed by atoms with Gasteiger partial charge in [0.15, 0.2) is 0 Å². The molecule has 5 nitrogen and oxygen atoms in total. The van der Waals surface area contributed by atoms with E-state index >= 15 is 0 Å². The molecule has 2 atom stereocenters. The maximum Gasteiger partial charge on any atom is 0.306 e. The van der Waals surface area contributed by atoms with Gasteiger partial charge in [-0.3, -0.25) is 14.5 Å². The van der Waals surface area contributed by atoms with Gasteiger partial charge in [0.1, 0.15) is 15.8 Å². The summed E-state index contributed by atoms with van der Waals surface area (Å²) in [7, 11) is 0. The Kier molecular flexibility index (Phi) is 6.08. The summed E-state index contributed by atoms with van der Waals surface area (Å²) >= 11 is 6.73. The number of hydrogen-bond donors (Lipinski definition) is 1. The Morgan fingerprint density at radius 2 is 1.94 bits per heavy atom. The fraction of sp³-hybridized carbons (Fsp3) is 0.375. The second-order valence-electron chi connectivity index (χ2n) is 8.38. The number of nitrogens with zero attached hydrogens (tertiary/aromatic N) is 1. The van der Waals surface area contributed by atoms with E-state index in [1.54, 1.807) is 11.0 Å². The van der Waals surface area contributed by atoms with Crippen molar-refractivity contribution in [1.29, 1.82) is 0 Å². The molecular weight excluding hydrogens is 430 g/mol. The number of amides is 1. The third kappa shape index (κ3) is 4.34. The first-order chi connectivity index (χ1) is 14.7. The number of aliphatic carboxylic acids is 1. The van der Waals surface area contributed by atoms with Gasteiger partial charge in [0.2, 0.25) is 0 Å². The third-order valence-electron chi connectivity index (χ3n) is 6.01. The van der Waals surface area contributed by atoms with E-state index < -0.39 is 11.9 Å². The number of thioether (sulfide) groups is 1. The number of thiocarbonyl (C=S) groups is 1. The Hall–Kier alpha value is -2.38. The average Bonchev–Trinajstić information content (AvgIpc) is 3.25. The minimum atomic E-state index is -0.796. The normalized spacial score (nSPS) is 23.1. The second-order valence-corrected chi connectivity index (χ2v) is 10.1. The molecule has 4 rings (SSSR count). The first kappa shape index (κ1) is 21.8. The average molecular weight is 456 g/mol. The summed E-state index contributed by atoms with van der Waals surface area (Å²) in [6.07, 6.45) is 4.41. The van der Waals surface area contributed by atoms with Gasteiger partial charge in [-0.15, -0.1) is 0 Å². The van der Waals surface area contributed by atoms with E-state index in [0.717, 1.165) is 35.3 Å². The van der Waals surface area contributed by atoms with E-state index in [-0.39, 0.29) is 11.9 Å². The molecule has 1 aromatic carbocycles. The van der Waals surface area contributed by atoms with Crippen molar-refractivity contribution >= 4 is 46.3 Å². The van der Waals surface area contributed by atoms with Crippen LogP contribution in [0.4, 0.5) is 0 Å². The molecule has 2 fully saturated rings. The van der Waals surface area contributed by atoms with E-state index in [0.29, 0.717) is 27.8 Å². The third-order valence-corrected chi connectivity index (χ3v) is 7.34. The molecule has 2 unspecified atom stereocenters. The Morgan fingerprint density at radius 3 is 2.61 bits per heavy atom. The zero-order chi connectivity index (χ0) is 22.3. The van der Waals surface area contributed by atoms with Crippen LogP contribution in [0.5, 0.6) is 0 Å². The number of furan rings is 1. The number of carboxylic acids is 1. The van der Waals surface area contributed by atoms with E-state index in [1.165, 1.54) is 17.3 Å². The lowest BCUT2D eigenvalue weighted by Gasteiger charge is -2.32. The van der Waals surface area contributed by atoms with Crippen LogP contribution in [-0.2, 0) is 9.59 Å². The summed E-state index contributed by atoms with van der Waals surface area (Å²) in [6.45, 7) is 6.21. The van der Waals surface area contributed by atoms with Crippen molar-refractivity contribution in [3.63, 3.8) is 0 Å². The molecule has 1 amide bonds. The molecule has 0 bridgehead atoms. The van der Waals surface area contributed by atoms with Gasteiger partial charge in [0.25, 0.3) is 5.91 Å². The molecule has 2 aromatic rings. The van der Waals surface area contributed by atoms with Crippen molar-refractivity contribution in [3.05, 3.63) is 51.6 Å². The summed E-state index contributed by atoms with van der Waals surface area (Å²) < 4.78 is 6.55. The van der Waals surface area contributed by atoms with E-state index in [1.807, 2.05) is 12.1 Å². The highest BCUT2D eigenvalue weighted by Crippen LogP contribution is 2.39. The molecular formula is C24H25NO4S2. The van der Waals surface area contributed by atoms with Gasteiger partial charge in [-0.05, 0) is 63.3 Å². The van der Waals surface area contributed by atoms with Gasteiger partial charge < -0.3 is 9.52 Å². The molecule has 1 saturated heterocycles. The van der Waals surface area contributed by atoms with Gasteiger partial charge >= 0.3 is 5.97 Å². The van der Waals surface area contributed by atoms with E-state index in [4.69, 9.17) is 16.6 Å². The minimum absolute atomic E-state index is 0.154. The molecule has 7 heteroatoms. The molecule has 2 heterocycles. The van der Waals surface area contributed by atoms with E-state index in [9.17, 15) is 14.7 Å². The van der Waals surface area contributed by atoms with Crippen molar-refractivity contribution in [2.24, 2.45) is 5.92 Å². The maximum absolute atomic E-state index is 13.1. The maximum atomic E-state index is 13.1. The van der Waals surface area contributed by atoms with Crippen LogP contribution < -0.4 is 0 Å². The quantitative estimate of drug-likeness (QED) is 0.470. The lowest BCUT2D eigenvalue weighted by molar-refractivity contribution is -0.144. The predicted molar refractivity (Wildman–Crippen MR) is 127 cm³/mol. The highest BCUT2D eigenvalue weighted by Gasteiger charge is 2.40. The summed E-state index contributed by atoms with van der Waals surface area (Å²) in [4.78, 5) is 26.6. The smallest absolute Gasteiger partial charge is 0.306 e. The van der Waals surface area contributed by atoms with Crippen molar-refractivity contribution in [3.8, 4) is 11.3 Å². The summed E-state index contributed by atoms with van der Waals surface area (Å²) in [5, 5.41) is 9.36. The van der Waals surface area contributed by atoms with Crippen LogP contribution in [0.1, 0.15) is 48.1 Å². The van der Waals surface area contributed by atoms with Crippen LogP contribution in [0.25, 0.3) is 17.4 Å². The molecule has 1 aromatic heterocycles. The molecule has 1 N–H and O–H groups in total. The van der Waals surface area contributed by atoms with Crippen LogP contribution in [0, 0.1) is 26.7 Å². The Morgan fingerprint density at radius 1 is 1.23 bits per heavy atom. The largest absolute Gasteiger partial charge is 0.481 e. The zero-order valence-corrected chi connectivity index (χ0v) is 19.4. The van der Waals surface area contributed by atoms with Gasteiger partial charge in [-0.25, -0.2) is 0 Å². The molecule has 31 heavy (non-hydrogen) atoms. The minimum Gasteiger partial charge on any atom is -0.481 e. The first-order valence-corrected chi connectivity index (χ1v) is 11.6. The highest BCUT2D eigenvalue weighted by atomic mass is 32.2. The molecule has 1 aliphatic carbocycles. The molecule has 0 spiro atoms. The summed E-state index contributed by atoms with van der Waals surface area (Å²) in [5.74, 6) is -0.00147. The van der Waals surface area contributed by atoms with Gasteiger partial charge in [0, 0.05) is 17.7 Å². The fourth-order valence-electron chi connectivity index (χ4n) is 4.68. The van der Waals surface area contributed by atoms with Gasteiger partial charge in [-0.2, -0.15) is 0 Å².